The molecule has 1 aliphatic rings. The molecule has 0 radical (unpaired) electrons. The number of halogens is 6. The molecule has 2 aromatic rings. The summed E-state index contributed by atoms with van der Waals surface area (Å²) in [5, 5.41) is 0. The zero-order valence-corrected chi connectivity index (χ0v) is 15.9. The molecule has 0 atom stereocenters. The molecule has 27 heavy (non-hydrogen) atoms. The Morgan fingerprint density at radius 1 is 0.926 bits per heavy atom. The van der Waals surface area contributed by atoms with E-state index in [1.54, 1.807) is 0 Å². The minimum absolute atomic E-state index is 0.0674. The van der Waals surface area contributed by atoms with Gasteiger partial charge in [0.15, 0.2) is 11.5 Å². The van der Waals surface area contributed by atoms with Crippen LogP contribution in [0, 0.1) is 0 Å². The average molecular weight is 426 g/mol. The minimum atomic E-state index is -10.7. The Bertz CT molecular complexity index is 820. The number of allylic oxidation sites excluding steroid dienone is 3. The SMILES string of the molecule is C=CC/C(=C/C)[S+]1c2ccccc2Oc2ccccc21.F[P-](F)(F)(F)(F)F. The number of rotatable bonds is 3. The molecule has 0 amide bonds. The van der Waals surface area contributed by atoms with Crippen LogP contribution in [0.5, 0.6) is 11.5 Å². The molecule has 0 aromatic heterocycles. The van der Waals surface area contributed by atoms with Crippen molar-refractivity contribution in [1.82, 2.24) is 0 Å². The molecule has 148 valence electrons. The molecule has 0 unspecified atom stereocenters. The van der Waals surface area contributed by atoms with E-state index >= 15 is 0 Å². The number of ether oxygens (including phenoxy) is 1. The Hall–Kier alpha value is -1.92. The first-order chi connectivity index (χ1) is 12.3. The Morgan fingerprint density at radius 3 is 1.70 bits per heavy atom. The Labute approximate surface area is 155 Å². The molecule has 1 nitrogen and oxygen atoms in total. The van der Waals surface area contributed by atoms with Gasteiger partial charge >= 0.3 is 33.0 Å². The Morgan fingerprint density at radius 2 is 1.33 bits per heavy atom. The summed E-state index contributed by atoms with van der Waals surface area (Å²) in [4.78, 5) is 3.92. The zero-order valence-electron chi connectivity index (χ0n) is 14.2. The summed E-state index contributed by atoms with van der Waals surface area (Å²) >= 11 is 0. The van der Waals surface area contributed by atoms with Gasteiger partial charge in [-0.2, -0.15) is 0 Å². The van der Waals surface area contributed by atoms with Gasteiger partial charge in [-0.25, -0.2) is 0 Å². The first kappa shape index (κ1) is 21.4. The molecular formula is C18H17F6OPS. The van der Waals surface area contributed by atoms with Gasteiger partial charge in [-0.3, -0.25) is 0 Å². The van der Waals surface area contributed by atoms with Crippen molar-refractivity contribution < 1.29 is 29.9 Å². The second kappa shape index (κ2) is 6.91. The van der Waals surface area contributed by atoms with Gasteiger partial charge in [-0.05, 0) is 37.3 Å². The van der Waals surface area contributed by atoms with Gasteiger partial charge in [0.2, 0.25) is 9.79 Å². The van der Waals surface area contributed by atoms with Crippen molar-refractivity contribution in [3.8, 4) is 11.5 Å². The van der Waals surface area contributed by atoms with Gasteiger partial charge in [-0.1, -0.05) is 30.3 Å². The molecule has 0 fully saturated rings. The number of benzene rings is 2. The monoisotopic (exact) mass is 426 g/mol. The zero-order chi connectivity index (χ0) is 20.4. The summed E-state index contributed by atoms with van der Waals surface area (Å²) in [7, 11) is -10.7. The van der Waals surface area contributed by atoms with Crippen molar-refractivity contribution in [2.75, 3.05) is 0 Å². The molecule has 1 aliphatic heterocycles. The van der Waals surface area contributed by atoms with Gasteiger partial charge in [0.05, 0.1) is 0 Å². The van der Waals surface area contributed by atoms with E-state index in [1.807, 2.05) is 30.3 Å². The van der Waals surface area contributed by atoms with Gasteiger partial charge < -0.3 is 4.74 Å². The van der Waals surface area contributed by atoms with Crippen molar-refractivity contribution in [1.29, 1.82) is 0 Å². The van der Waals surface area contributed by atoms with E-state index < -0.39 is 7.81 Å². The predicted molar refractivity (Wildman–Crippen MR) is 99.0 cm³/mol. The van der Waals surface area contributed by atoms with E-state index in [1.165, 1.54) is 14.7 Å². The van der Waals surface area contributed by atoms with Crippen LogP contribution in [0.4, 0.5) is 25.2 Å². The molecule has 1 heterocycles. The fraction of sp³-hybridized carbons (Fsp3) is 0.111. The van der Waals surface area contributed by atoms with Gasteiger partial charge in [0.1, 0.15) is 15.8 Å². The maximum absolute atomic E-state index is 10.7. The Kier molecular flexibility index (Phi) is 5.47. The van der Waals surface area contributed by atoms with Crippen LogP contribution >= 0.6 is 7.81 Å². The van der Waals surface area contributed by atoms with E-state index in [2.05, 4.69) is 43.8 Å². The second-order valence-corrected chi connectivity index (χ2v) is 9.44. The van der Waals surface area contributed by atoms with Crippen molar-refractivity contribution in [2.24, 2.45) is 0 Å². The van der Waals surface area contributed by atoms with E-state index in [0.29, 0.717) is 0 Å². The summed E-state index contributed by atoms with van der Waals surface area (Å²) in [6.07, 6.45) is 5.09. The number of fused-ring (bicyclic) bond motifs is 2. The van der Waals surface area contributed by atoms with Gasteiger partial charge in [0.25, 0.3) is 0 Å². The first-order valence-electron chi connectivity index (χ1n) is 7.73. The van der Waals surface area contributed by atoms with Crippen LogP contribution in [0.2, 0.25) is 0 Å². The van der Waals surface area contributed by atoms with Gasteiger partial charge in [0, 0.05) is 6.42 Å². The third kappa shape index (κ3) is 6.96. The summed E-state index contributed by atoms with van der Waals surface area (Å²) in [6.45, 7) is 5.99. The standard InChI is InChI=1S/C18H17OS.F6P/c1-3-9-14(4-2)20-17-12-7-5-10-15(17)19-16-11-6-8-13-18(16)20;1-7(2,3,4,5)6/h3-8,10-13H,1,9H2,2H3;/q+1;-1/b14-4-;. The molecule has 2 aromatic carbocycles. The van der Waals surface area contributed by atoms with Crippen LogP contribution < -0.4 is 4.74 Å². The summed E-state index contributed by atoms with van der Waals surface area (Å²) in [6, 6.07) is 16.6. The summed E-state index contributed by atoms with van der Waals surface area (Å²) in [5.74, 6) is 1.94. The third-order valence-electron chi connectivity index (χ3n) is 3.29. The topological polar surface area (TPSA) is 9.23 Å². The average Bonchev–Trinajstić information content (AvgIpc) is 2.55. The van der Waals surface area contributed by atoms with Crippen molar-refractivity contribution in [3.63, 3.8) is 0 Å². The van der Waals surface area contributed by atoms with Crippen molar-refractivity contribution >= 4 is 18.7 Å². The van der Waals surface area contributed by atoms with E-state index in [4.69, 9.17) is 4.74 Å². The quantitative estimate of drug-likeness (QED) is 0.206. The number of hydrogen-bond donors (Lipinski definition) is 0. The molecule has 9 heteroatoms. The van der Waals surface area contributed by atoms with E-state index in [-0.39, 0.29) is 10.9 Å². The normalized spacial score (nSPS) is 16.5. The van der Waals surface area contributed by atoms with Crippen LogP contribution in [-0.4, -0.2) is 0 Å². The predicted octanol–water partition coefficient (Wildman–Crippen LogP) is 8.69. The summed E-state index contributed by atoms with van der Waals surface area (Å²) < 4.78 is 65.2. The fourth-order valence-electron chi connectivity index (χ4n) is 2.39. The molecule has 0 saturated carbocycles. The van der Waals surface area contributed by atoms with Crippen molar-refractivity contribution in [2.45, 2.75) is 23.1 Å². The van der Waals surface area contributed by atoms with Crippen LogP contribution in [0.25, 0.3) is 0 Å². The van der Waals surface area contributed by atoms with Crippen LogP contribution in [0.1, 0.15) is 13.3 Å². The maximum atomic E-state index is 9.87. The molecule has 0 spiro atoms. The molecule has 0 bridgehead atoms. The number of para-hydroxylation sites is 2. The third-order valence-corrected chi connectivity index (χ3v) is 5.77. The van der Waals surface area contributed by atoms with E-state index in [0.717, 1.165) is 17.9 Å². The van der Waals surface area contributed by atoms with Gasteiger partial charge in [-0.15, -0.1) is 6.58 Å². The molecule has 3 rings (SSSR count). The summed E-state index contributed by atoms with van der Waals surface area (Å²) in [5.41, 5.74) is 0. The number of hydrogen-bond acceptors (Lipinski definition) is 1. The van der Waals surface area contributed by atoms with E-state index in [9.17, 15) is 25.2 Å². The Balaban J connectivity index is 0.000000321. The molecular weight excluding hydrogens is 409 g/mol. The van der Waals surface area contributed by atoms with Crippen molar-refractivity contribution in [3.05, 3.63) is 72.2 Å². The van der Waals surface area contributed by atoms with Crippen LogP contribution in [-0.2, 0) is 10.9 Å². The van der Waals surface area contributed by atoms with Crippen LogP contribution in [0.15, 0.2) is 82.0 Å². The molecule has 0 N–H and O–H groups in total. The second-order valence-electron chi connectivity index (χ2n) is 5.51. The molecule has 0 saturated heterocycles. The first-order valence-corrected chi connectivity index (χ1v) is 11.0. The fourth-order valence-corrected chi connectivity index (χ4v) is 4.76. The molecule has 0 aliphatic carbocycles. The van der Waals surface area contributed by atoms with Crippen LogP contribution in [0.3, 0.4) is 0 Å².